The van der Waals surface area contributed by atoms with Gasteiger partial charge in [-0.3, -0.25) is 0 Å². The summed E-state index contributed by atoms with van der Waals surface area (Å²) in [7, 11) is 0. The van der Waals surface area contributed by atoms with E-state index in [4.69, 9.17) is 0 Å². The van der Waals surface area contributed by atoms with Gasteiger partial charge >= 0.3 is 0 Å². The van der Waals surface area contributed by atoms with E-state index >= 15 is 0 Å². The van der Waals surface area contributed by atoms with Gasteiger partial charge in [0.1, 0.15) is 0 Å². The zero-order valence-corrected chi connectivity index (χ0v) is 14.1. The van der Waals surface area contributed by atoms with Gasteiger partial charge < -0.3 is 0 Å². The topological polar surface area (TPSA) is 0 Å². The Labute approximate surface area is 122 Å². The molecule has 0 radical (unpaired) electrons. The van der Waals surface area contributed by atoms with E-state index in [0.29, 0.717) is 5.41 Å². The summed E-state index contributed by atoms with van der Waals surface area (Å²) in [4.78, 5) is 0. The lowest BCUT2D eigenvalue weighted by Gasteiger charge is -2.12. The highest BCUT2D eigenvalue weighted by Gasteiger charge is 2.03. The highest BCUT2D eigenvalue weighted by molar-refractivity contribution is 5.09. The van der Waals surface area contributed by atoms with Gasteiger partial charge in [-0.05, 0) is 37.5 Å². The Morgan fingerprint density at radius 2 is 1.53 bits per heavy atom. The van der Waals surface area contributed by atoms with Crippen molar-refractivity contribution < 1.29 is 0 Å². The second-order valence-corrected chi connectivity index (χ2v) is 6.79. The minimum Gasteiger partial charge on any atom is -0.0850 e. The molecule has 19 heavy (non-hydrogen) atoms. The SMILES string of the molecule is CCCCC/C=C(\C/C=C/C(C)(C)C)CCCCC. The lowest BCUT2D eigenvalue weighted by atomic mass is 9.94. The van der Waals surface area contributed by atoms with Gasteiger partial charge in [0, 0.05) is 0 Å². The van der Waals surface area contributed by atoms with Gasteiger partial charge in [0.15, 0.2) is 0 Å². The largest absolute Gasteiger partial charge is 0.0850 e. The van der Waals surface area contributed by atoms with Crippen LogP contribution in [0.2, 0.25) is 0 Å². The molecule has 0 unspecified atom stereocenters. The van der Waals surface area contributed by atoms with Crippen LogP contribution in [0.3, 0.4) is 0 Å². The third-order valence-corrected chi connectivity index (χ3v) is 3.34. The second kappa shape index (κ2) is 11.3. The molecule has 0 rings (SSSR count). The van der Waals surface area contributed by atoms with Crippen molar-refractivity contribution >= 4 is 0 Å². The summed E-state index contributed by atoms with van der Waals surface area (Å²) >= 11 is 0. The van der Waals surface area contributed by atoms with E-state index in [-0.39, 0.29) is 0 Å². The average molecular weight is 264 g/mol. The first-order valence-electron chi connectivity index (χ1n) is 8.35. The number of rotatable bonds is 10. The third kappa shape index (κ3) is 13.7. The normalized spacial score (nSPS) is 13.4. The number of hydrogen-bond acceptors (Lipinski definition) is 0. The molecule has 0 fully saturated rings. The first-order valence-corrected chi connectivity index (χ1v) is 8.35. The molecule has 0 nitrogen and oxygen atoms in total. The summed E-state index contributed by atoms with van der Waals surface area (Å²) < 4.78 is 0. The number of unbranched alkanes of at least 4 members (excludes halogenated alkanes) is 5. The van der Waals surface area contributed by atoms with E-state index in [1.54, 1.807) is 5.57 Å². The zero-order chi connectivity index (χ0) is 14.6. The Morgan fingerprint density at radius 1 is 0.895 bits per heavy atom. The molecular weight excluding hydrogens is 228 g/mol. The number of hydrogen-bond donors (Lipinski definition) is 0. The first-order chi connectivity index (χ1) is 8.99. The molecule has 0 aliphatic carbocycles. The maximum atomic E-state index is 2.51. The maximum absolute atomic E-state index is 2.51. The molecule has 0 aromatic carbocycles. The van der Waals surface area contributed by atoms with Crippen molar-refractivity contribution in [3.05, 3.63) is 23.8 Å². The fourth-order valence-electron chi connectivity index (χ4n) is 2.15. The Balaban J connectivity index is 4.20. The van der Waals surface area contributed by atoms with E-state index in [2.05, 4.69) is 52.8 Å². The molecule has 0 heteroatoms. The molecule has 0 bridgehead atoms. The van der Waals surface area contributed by atoms with Crippen LogP contribution < -0.4 is 0 Å². The van der Waals surface area contributed by atoms with E-state index in [1.807, 2.05) is 0 Å². The summed E-state index contributed by atoms with van der Waals surface area (Å²) in [6.45, 7) is 11.4. The lowest BCUT2D eigenvalue weighted by Crippen LogP contribution is -1.98. The van der Waals surface area contributed by atoms with Gasteiger partial charge in [-0.15, -0.1) is 0 Å². The average Bonchev–Trinajstić information content (AvgIpc) is 2.32. The standard InChI is InChI=1S/C19H36/c1-6-8-10-12-15-18(14-11-9-7-2)16-13-17-19(3,4)5/h13,15,17H,6-12,14,16H2,1-5H3/b17-13+,18-15-. The minimum atomic E-state index is 0.316. The molecule has 112 valence electrons. The molecule has 0 amide bonds. The molecule has 0 aliphatic rings. The zero-order valence-electron chi connectivity index (χ0n) is 14.1. The summed E-state index contributed by atoms with van der Waals surface area (Å²) in [5, 5.41) is 0. The lowest BCUT2D eigenvalue weighted by molar-refractivity contribution is 0.542. The van der Waals surface area contributed by atoms with E-state index < -0.39 is 0 Å². The van der Waals surface area contributed by atoms with Crippen molar-refractivity contribution in [1.29, 1.82) is 0 Å². The van der Waals surface area contributed by atoms with Crippen molar-refractivity contribution in [2.45, 2.75) is 92.4 Å². The van der Waals surface area contributed by atoms with E-state index in [1.165, 1.54) is 51.4 Å². The molecule has 0 saturated carbocycles. The van der Waals surface area contributed by atoms with Crippen LogP contribution in [0.25, 0.3) is 0 Å². The third-order valence-electron chi connectivity index (χ3n) is 3.34. The van der Waals surface area contributed by atoms with Gasteiger partial charge in [-0.25, -0.2) is 0 Å². The molecule has 0 aromatic rings. The Hall–Kier alpha value is -0.520. The van der Waals surface area contributed by atoms with Gasteiger partial charge in [-0.1, -0.05) is 84.1 Å². The first kappa shape index (κ1) is 18.5. The fourth-order valence-corrected chi connectivity index (χ4v) is 2.15. The van der Waals surface area contributed by atoms with Crippen molar-refractivity contribution in [3.8, 4) is 0 Å². The van der Waals surface area contributed by atoms with Crippen LogP contribution in [-0.2, 0) is 0 Å². The number of allylic oxidation sites excluding steroid dienone is 4. The van der Waals surface area contributed by atoms with Gasteiger partial charge in [0.05, 0.1) is 0 Å². The quantitative estimate of drug-likeness (QED) is 0.292. The molecule has 0 aliphatic heterocycles. The highest BCUT2D eigenvalue weighted by atomic mass is 14.1. The van der Waals surface area contributed by atoms with Crippen molar-refractivity contribution in [1.82, 2.24) is 0 Å². The van der Waals surface area contributed by atoms with E-state index in [0.717, 1.165) is 6.42 Å². The van der Waals surface area contributed by atoms with Crippen LogP contribution in [-0.4, -0.2) is 0 Å². The summed E-state index contributed by atoms with van der Waals surface area (Å²) in [6, 6.07) is 0. The highest BCUT2D eigenvalue weighted by Crippen LogP contribution is 2.19. The van der Waals surface area contributed by atoms with Crippen LogP contribution in [0.4, 0.5) is 0 Å². The minimum absolute atomic E-state index is 0.316. The maximum Gasteiger partial charge on any atom is -0.0139 e. The summed E-state index contributed by atoms with van der Waals surface area (Å²) in [5.74, 6) is 0. The molecule has 0 N–H and O–H groups in total. The van der Waals surface area contributed by atoms with Crippen LogP contribution in [0.5, 0.6) is 0 Å². The summed E-state index contributed by atoms with van der Waals surface area (Å²) in [6.07, 6.45) is 19.1. The second-order valence-electron chi connectivity index (χ2n) is 6.79. The summed E-state index contributed by atoms with van der Waals surface area (Å²) in [5.41, 5.74) is 1.97. The Bertz CT molecular complexity index is 250. The predicted molar refractivity (Wildman–Crippen MR) is 89.6 cm³/mol. The molecule has 0 spiro atoms. The predicted octanol–water partition coefficient (Wildman–Crippen LogP) is 7.07. The van der Waals surface area contributed by atoms with Crippen LogP contribution in [0.1, 0.15) is 92.4 Å². The van der Waals surface area contributed by atoms with Crippen molar-refractivity contribution in [3.63, 3.8) is 0 Å². The van der Waals surface area contributed by atoms with Crippen molar-refractivity contribution in [2.24, 2.45) is 5.41 Å². The molecular formula is C19H36. The fraction of sp³-hybridized carbons (Fsp3) is 0.789. The molecule has 0 saturated heterocycles. The molecule has 0 atom stereocenters. The monoisotopic (exact) mass is 264 g/mol. The van der Waals surface area contributed by atoms with Crippen LogP contribution in [0.15, 0.2) is 23.8 Å². The molecule has 0 heterocycles. The van der Waals surface area contributed by atoms with Crippen molar-refractivity contribution in [2.75, 3.05) is 0 Å². The molecule has 0 aromatic heterocycles. The van der Waals surface area contributed by atoms with Gasteiger partial charge in [0.25, 0.3) is 0 Å². The van der Waals surface area contributed by atoms with E-state index in [9.17, 15) is 0 Å². The Kier molecular flexibility index (Phi) is 11.0. The van der Waals surface area contributed by atoms with Crippen LogP contribution >= 0.6 is 0 Å². The van der Waals surface area contributed by atoms with Gasteiger partial charge in [-0.2, -0.15) is 0 Å². The Morgan fingerprint density at radius 3 is 2.11 bits per heavy atom. The smallest absolute Gasteiger partial charge is 0.0139 e. The van der Waals surface area contributed by atoms with Crippen LogP contribution in [0, 0.1) is 5.41 Å². The van der Waals surface area contributed by atoms with Gasteiger partial charge in [0.2, 0.25) is 0 Å².